The van der Waals surface area contributed by atoms with Crippen molar-refractivity contribution in [2.45, 2.75) is 57.5 Å². The van der Waals surface area contributed by atoms with Gasteiger partial charge in [-0.15, -0.1) is 0 Å². The molecule has 0 unspecified atom stereocenters. The number of aromatic amines is 1. The van der Waals surface area contributed by atoms with Crippen LogP contribution in [0.3, 0.4) is 0 Å². The number of hydrogen-bond acceptors (Lipinski definition) is 5. The molecule has 3 aromatic rings. The van der Waals surface area contributed by atoms with Gasteiger partial charge in [0, 0.05) is 29.2 Å². The molecule has 0 spiro atoms. The standard InChI is InChI=1S/C27H33F2N3O4/c1-18-14-21-20-8-4-5-9-22(20)31-26(21)27(32(18)16-24(28)29)23-11-10-19(15-30-23)36-13-7-3-2-6-12-35-17-25(33)34/h4-5,8-11,15,18,24,27,31H,2-3,6-7,12-14,16-17H2,1H3,(H,33,34)/t18-,27-/m1/s1. The molecule has 2 N–H and O–H groups in total. The lowest BCUT2D eigenvalue weighted by Gasteiger charge is -2.40. The Balaban J connectivity index is 1.39. The molecule has 0 amide bonds. The van der Waals surface area contributed by atoms with Crippen molar-refractivity contribution >= 4 is 16.9 Å². The van der Waals surface area contributed by atoms with Crippen LogP contribution in [0.1, 0.15) is 55.6 Å². The summed E-state index contributed by atoms with van der Waals surface area (Å²) in [5.41, 5.74) is 3.82. The molecular formula is C27H33F2N3O4. The Labute approximate surface area is 209 Å². The minimum absolute atomic E-state index is 0.0528. The van der Waals surface area contributed by atoms with Crippen molar-refractivity contribution in [1.29, 1.82) is 0 Å². The second kappa shape index (κ2) is 12.3. The Morgan fingerprint density at radius 1 is 1.17 bits per heavy atom. The van der Waals surface area contributed by atoms with Crippen LogP contribution in [0.5, 0.6) is 5.75 Å². The van der Waals surface area contributed by atoms with Crippen LogP contribution in [0, 0.1) is 0 Å². The fraction of sp³-hybridized carbons (Fsp3) is 0.481. The minimum Gasteiger partial charge on any atom is -0.492 e. The summed E-state index contributed by atoms with van der Waals surface area (Å²) in [6, 6.07) is 11.3. The van der Waals surface area contributed by atoms with Gasteiger partial charge in [0.1, 0.15) is 12.4 Å². The molecule has 0 radical (unpaired) electrons. The van der Waals surface area contributed by atoms with Crippen LogP contribution < -0.4 is 4.74 Å². The summed E-state index contributed by atoms with van der Waals surface area (Å²) in [7, 11) is 0. The van der Waals surface area contributed by atoms with Crippen molar-refractivity contribution in [3.8, 4) is 5.75 Å². The molecule has 0 saturated heterocycles. The summed E-state index contributed by atoms with van der Waals surface area (Å²) >= 11 is 0. The molecule has 0 saturated carbocycles. The van der Waals surface area contributed by atoms with E-state index >= 15 is 0 Å². The van der Waals surface area contributed by atoms with Gasteiger partial charge in [-0.2, -0.15) is 0 Å². The number of pyridine rings is 1. The highest BCUT2D eigenvalue weighted by Crippen LogP contribution is 2.40. The number of carboxylic acid groups (broad SMARTS) is 1. The first-order valence-corrected chi connectivity index (χ1v) is 12.5. The van der Waals surface area contributed by atoms with E-state index in [1.54, 1.807) is 6.20 Å². The van der Waals surface area contributed by atoms with Crippen LogP contribution in [0.15, 0.2) is 42.6 Å². The van der Waals surface area contributed by atoms with E-state index in [2.05, 4.69) is 16.0 Å². The van der Waals surface area contributed by atoms with Crippen LogP contribution in [-0.4, -0.2) is 64.8 Å². The normalized spacial score (nSPS) is 18.0. The molecule has 0 aliphatic carbocycles. The third-order valence-corrected chi connectivity index (χ3v) is 6.58. The quantitative estimate of drug-likeness (QED) is 0.313. The molecule has 1 aliphatic rings. The molecule has 36 heavy (non-hydrogen) atoms. The molecular weight excluding hydrogens is 468 g/mol. The second-order valence-electron chi connectivity index (χ2n) is 9.23. The maximum atomic E-state index is 13.5. The first-order chi connectivity index (χ1) is 17.4. The molecule has 194 valence electrons. The molecule has 2 atom stereocenters. The highest BCUT2D eigenvalue weighted by molar-refractivity contribution is 5.85. The molecule has 0 bridgehead atoms. The molecule has 1 aliphatic heterocycles. The van der Waals surface area contributed by atoms with Gasteiger partial charge in [-0.3, -0.25) is 9.88 Å². The van der Waals surface area contributed by atoms with E-state index < -0.39 is 12.4 Å². The summed E-state index contributed by atoms with van der Waals surface area (Å²) < 4.78 is 37.9. The molecule has 2 aromatic heterocycles. The van der Waals surface area contributed by atoms with E-state index in [0.717, 1.165) is 42.3 Å². The molecule has 9 heteroatoms. The number of H-pyrrole nitrogens is 1. The highest BCUT2D eigenvalue weighted by Gasteiger charge is 2.37. The van der Waals surface area contributed by atoms with Gasteiger partial charge in [-0.05, 0) is 56.4 Å². The fourth-order valence-corrected chi connectivity index (χ4v) is 4.92. The van der Waals surface area contributed by atoms with E-state index in [1.807, 2.05) is 42.2 Å². The number of benzene rings is 1. The summed E-state index contributed by atoms with van der Waals surface area (Å²) in [5.74, 6) is -0.311. The Bertz CT molecular complexity index is 1140. The van der Waals surface area contributed by atoms with Crippen LogP contribution in [0.4, 0.5) is 8.78 Å². The van der Waals surface area contributed by atoms with Crippen molar-refractivity contribution in [1.82, 2.24) is 14.9 Å². The number of unbranched alkanes of at least 4 members (excludes halogenated alkanes) is 3. The first kappa shape index (κ1) is 26.0. The largest absolute Gasteiger partial charge is 0.492 e. The third-order valence-electron chi connectivity index (χ3n) is 6.58. The summed E-state index contributed by atoms with van der Waals surface area (Å²) in [6.07, 6.45) is 3.50. The summed E-state index contributed by atoms with van der Waals surface area (Å²) in [5, 5.41) is 9.67. The third kappa shape index (κ3) is 6.39. The SMILES string of the molecule is C[C@@H]1Cc2c([nH]c3ccccc23)[C@@H](c2ccc(OCCCCCCOCC(=O)O)cn2)N1CC(F)F. The zero-order valence-electron chi connectivity index (χ0n) is 20.5. The second-order valence-corrected chi connectivity index (χ2v) is 9.23. The Kier molecular flexibility index (Phi) is 8.88. The number of hydrogen-bond donors (Lipinski definition) is 2. The van der Waals surface area contributed by atoms with Crippen LogP contribution in [0.25, 0.3) is 10.9 Å². The van der Waals surface area contributed by atoms with Crippen molar-refractivity contribution in [2.75, 3.05) is 26.4 Å². The van der Waals surface area contributed by atoms with Gasteiger partial charge in [0.05, 0.1) is 31.1 Å². The zero-order valence-corrected chi connectivity index (χ0v) is 20.5. The van der Waals surface area contributed by atoms with Crippen molar-refractivity contribution in [2.24, 2.45) is 0 Å². The van der Waals surface area contributed by atoms with Gasteiger partial charge in [-0.1, -0.05) is 24.6 Å². The van der Waals surface area contributed by atoms with Crippen molar-refractivity contribution in [3.63, 3.8) is 0 Å². The Hall–Kier alpha value is -3.04. The van der Waals surface area contributed by atoms with E-state index in [9.17, 15) is 13.6 Å². The number of carboxylic acids is 1. The van der Waals surface area contributed by atoms with Crippen LogP contribution >= 0.6 is 0 Å². The topological polar surface area (TPSA) is 87.7 Å². The number of nitrogens with zero attached hydrogens (tertiary/aromatic N) is 2. The monoisotopic (exact) mass is 501 g/mol. The first-order valence-electron chi connectivity index (χ1n) is 12.5. The Morgan fingerprint density at radius 3 is 2.67 bits per heavy atom. The number of rotatable bonds is 13. The predicted molar refractivity (Wildman–Crippen MR) is 133 cm³/mol. The lowest BCUT2D eigenvalue weighted by atomic mass is 9.90. The van der Waals surface area contributed by atoms with Gasteiger partial charge in [0.2, 0.25) is 0 Å². The van der Waals surface area contributed by atoms with Gasteiger partial charge in [0.15, 0.2) is 0 Å². The number of halogens is 2. The number of fused-ring (bicyclic) bond motifs is 3. The fourth-order valence-electron chi connectivity index (χ4n) is 4.92. The summed E-state index contributed by atoms with van der Waals surface area (Å²) in [6.45, 7) is 2.41. The zero-order chi connectivity index (χ0) is 25.5. The summed E-state index contributed by atoms with van der Waals surface area (Å²) in [4.78, 5) is 20.4. The van der Waals surface area contributed by atoms with Crippen molar-refractivity contribution in [3.05, 3.63) is 59.5 Å². The number of aliphatic carboxylic acids is 1. The number of ether oxygens (including phenoxy) is 2. The molecule has 3 heterocycles. The van der Waals surface area contributed by atoms with E-state index in [4.69, 9.17) is 14.6 Å². The minimum atomic E-state index is -2.44. The van der Waals surface area contributed by atoms with E-state index in [1.165, 1.54) is 5.56 Å². The van der Waals surface area contributed by atoms with E-state index in [0.29, 0.717) is 31.1 Å². The number of carbonyl (C=O) groups is 1. The number of nitrogens with one attached hydrogen (secondary N) is 1. The average Bonchev–Trinajstić information content (AvgIpc) is 3.21. The molecule has 4 rings (SSSR count). The van der Waals surface area contributed by atoms with Gasteiger partial charge in [-0.25, -0.2) is 13.6 Å². The van der Waals surface area contributed by atoms with E-state index in [-0.39, 0.29) is 25.2 Å². The maximum absolute atomic E-state index is 13.5. The maximum Gasteiger partial charge on any atom is 0.329 e. The molecule has 0 fully saturated rings. The van der Waals surface area contributed by atoms with Crippen LogP contribution in [0.2, 0.25) is 0 Å². The van der Waals surface area contributed by atoms with Crippen molar-refractivity contribution < 1.29 is 28.2 Å². The smallest absolute Gasteiger partial charge is 0.329 e. The van der Waals surface area contributed by atoms with Gasteiger partial charge in [0.25, 0.3) is 6.43 Å². The van der Waals surface area contributed by atoms with Gasteiger partial charge >= 0.3 is 5.97 Å². The van der Waals surface area contributed by atoms with Gasteiger partial charge < -0.3 is 19.6 Å². The predicted octanol–water partition coefficient (Wildman–Crippen LogP) is 5.20. The Morgan fingerprint density at radius 2 is 1.94 bits per heavy atom. The lowest BCUT2D eigenvalue weighted by molar-refractivity contribution is -0.142. The number of aromatic nitrogens is 2. The number of alkyl halides is 2. The van der Waals surface area contributed by atoms with Crippen LogP contribution in [-0.2, 0) is 16.0 Å². The number of para-hydroxylation sites is 1. The molecule has 1 aromatic carbocycles. The highest BCUT2D eigenvalue weighted by atomic mass is 19.3. The average molecular weight is 502 g/mol. The lowest BCUT2D eigenvalue weighted by Crippen LogP contribution is -2.45. The molecule has 7 nitrogen and oxygen atoms in total.